The first-order chi connectivity index (χ1) is 11.6. The van der Waals surface area contributed by atoms with Gasteiger partial charge in [-0.1, -0.05) is 0 Å². The Kier molecular flexibility index (Phi) is 5.14. The number of amides is 2. The van der Waals surface area contributed by atoms with E-state index in [0.717, 1.165) is 32.5 Å². The van der Waals surface area contributed by atoms with Crippen LogP contribution in [0.2, 0.25) is 0 Å². The lowest BCUT2D eigenvalue weighted by Crippen LogP contribution is -2.59. The Balaban J connectivity index is 1.59. The SMILES string of the molecule is CC(C)N1CCCC(N2CCN(C(=O)c3cccnc3)CC2)C1=O. The lowest BCUT2D eigenvalue weighted by Gasteiger charge is -2.43. The molecular formula is C18H26N4O2. The van der Waals surface area contributed by atoms with Crippen LogP contribution in [-0.4, -0.2) is 76.3 Å². The van der Waals surface area contributed by atoms with Crippen LogP contribution in [0, 0.1) is 0 Å². The van der Waals surface area contributed by atoms with Gasteiger partial charge in [-0.05, 0) is 38.8 Å². The van der Waals surface area contributed by atoms with Crippen LogP contribution >= 0.6 is 0 Å². The van der Waals surface area contributed by atoms with Crippen LogP contribution in [-0.2, 0) is 4.79 Å². The summed E-state index contributed by atoms with van der Waals surface area (Å²) in [5.74, 6) is 0.282. The van der Waals surface area contributed by atoms with Crippen molar-refractivity contribution in [3.8, 4) is 0 Å². The minimum atomic E-state index is -0.0169. The summed E-state index contributed by atoms with van der Waals surface area (Å²) in [4.78, 5) is 35.3. The number of aromatic nitrogens is 1. The van der Waals surface area contributed by atoms with Crippen LogP contribution in [0.5, 0.6) is 0 Å². The van der Waals surface area contributed by atoms with Gasteiger partial charge in [-0.25, -0.2) is 0 Å². The van der Waals surface area contributed by atoms with Crippen molar-refractivity contribution in [1.29, 1.82) is 0 Å². The molecule has 2 fully saturated rings. The third-order valence-corrected chi connectivity index (χ3v) is 5.02. The molecule has 2 aliphatic rings. The molecule has 0 bridgehead atoms. The molecule has 0 N–H and O–H groups in total. The molecule has 0 aliphatic carbocycles. The molecule has 2 saturated heterocycles. The highest BCUT2D eigenvalue weighted by molar-refractivity contribution is 5.94. The average Bonchev–Trinajstić information content (AvgIpc) is 2.62. The summed E-state index contributed by atoms with van der Waals surface area (Å²) in [5.41, 5.74) is 0.630. The minimum absolute atomic E-state index is 0.0169. The van der Waals surface area contributed by atoms with E-state index in [1.807, 2.05) is 9.80 Å². The number of nitrogens with zero attached hydrogens (tertiary/aromatic N) is 4. The van der Waals surface area contributed by atoms with Crippen LogP contribution in [0.4, 0.5) is 0 Å². The van der Waals surface area contributed by atoms with E-state index in [-0.39, 0.29) is 23.9 Å². The zero-order valence-electron chi connectivity index (χ0n) is 14.5. The molecule has 1 aromatic rings. The number of likely N-dealkylation sites (tertiary alicyclic amines) is 1. The van der Waals surface area contributed by atoms with Crippen molar-refractivity contribution < 1.29 is 9.59 Å². The summed E-state index contributed by atoms with van der Waals surface area (Å²) in [6.07, 6.45) is 5.27. The molecule has 2 aliphatic heterocycles. The summed E-state index contributed by atoms with van der Waals surface area (Å²) in [7, 11) is 0. The first-order valence-electron chi connectivity index (χ1n) is 8.82. The van der Waals surface area contributed by atoms with Crippen molar-refractivity contribution in [3.05, 3.63) is 30.1 Å². The Morgan fingerprint density at radius 1 is 1.21 bits per heavy atom. The van der Waals surface area contributed by atoms with Gasteiger partial charge in [-0.15, -0.1) is 0 Å². The molecule has 0 aromatic carbocycles. The number of piperazine rings is 1. The summed E-state index contributed by atoms with van der Waals surface area (Å²) in [6, 6.07) is 3.82. The molecule has 3 rings (SSSR count). The zero-order valence-corrected chi connectivity index (χ0v) is 14.5. The van der Waals surface area contributed by atoms with Gasteiger partial charge in [0.25, 0.3) is 5.91 Å². The number of piperidine rings is 1. The fourth-order valence-corrected chi connectivity index (χ4v) is 3.64. The van der Waals surface area contributed by atoms with Gasteiger partial charge in [0.2, 0.25) is 5.91 Å². The van der Waals surface area contributed by atoms with Gasteiger partial charge in [-0.2, -0.15) is 0 Å². The number of rotatable bonds is 3. The molecular weight excluding hydrogens is 304 g/mol. The minimum Gasteiger partial charge on any atom is -0.339 e. The van der Waals surface area contributed by atoms with Gasteiger partial charge in [0, 0.05) is 51.2 Å². The average molecular weight is 330 g/mol. The van der Waals surface area contributed by atoms with E-state index >= 15 is 0 Å². The molecule has 6 heteroatoms. The topological polar surface area (TPSA) is 56.8 Å². The highest BCUT2D eigenvalue weighted by Gasteiger charge is 2.36. The zero-order chi connectivity index (χ0) is 17.1. The monoisotopic (exact) mass is 330 g/mol. The second-order valence-corrected chi connectivity index (χ2v) is 6.85. The Morgan fingerprint density at radius 2 is 1.96 bits per heavy atom. The second kappa shape index (κ2) is 7.30. The highest BCUT2D eigenvalue weighted by Crippen LogP contribution is 2.21. The van der Waals surface area contributed by atoms with E-state index in [1.54, 1.807) is 24.5 Å². The number of carbonyl (C=O) groups excluding carboxylic acids is 2. The maximum atomic E-state index is 12.7. The van der Waals surface area contributed by atoms with Crippen molar-refractivity contribution in [2.45, 2.75) is 38.8 Å². The fourth-order valence-electron chi connectivity index (χ4n) is 3.64. The first-order valence-corrected chi connectivity index (χ1v) is 8.82. The van der Waals surface area contributed by atoms with Crippen molar-refractivity contribution >= 4 is 11.8 Å². The van der Waals surface area contributed by atoms with Gasteiger partial charge in [-0.3, -0.25) is 19.5 Å². The standard InChI is InChI=1S/C18H26N4O2/c1-14(2)22-8-4-6-16(18(22)24)20-9-11-21(12-10-20)17(23)15-5-3-7-19-13-15/h3,5,7,13-14,16H,4,6,8-12H2,1-2H3. The molecule has 1 atom stereocenters. The molecule has 0 saturated carbocycles. The molecule has 3 heterocycles. The van der Waals surface area contributed by atoms with Crippen LogP contribution in [0.15, 0.2) is 24.5 Å². The summed E-state index contributed by atoms with van der Waals surface area (Å²) in [6.45, 7) is 7.86. The van der Waals surface area contributed by atoms with Gasteiger partial charge < -0.3 is 9.80 Å². The van der Waals surface area contributed by atoms with Crippen LogP contribution in [0.25, 0.3) is 0 Å². The van der Waals surface area contributed by atoms with Crippen LogP contribution in [0.3, 0.4) is 0 Å². The number of hydrogen-bond acceptors (Lipinski definition) is 4. The Hall–Kier alpha value is -1.95. The van der Waals surface area contributed by atoms with Gasteiger partial charge in [0.05, 0.1) is 11.6 Å². The van der Waals surface area contributed by atoms with Gasteiger partial charge in [0.15, 0.2) is 0 Å². The van der Waals surface area contributed by atoms with Gasteiger partial charge in [0.1, 0.15) is 0 Å². The van der Waals surface area contributed by atoms with Crippen molar-refractivity contribution in [2.75, 3.05) is 32.7 Å². The second-order valence-electron chi connectivity index (χ2n) is 6.85. The van der Waals surface area contributed by atoms with E-state index in [0.29, 0.717) is 18.7 Å². The predicted molar refractivity (Wildman–Crippen MR) is 91.6 cm³/mol. The van der Waals surface area contributed by atoms with Crippen molar-refractivity contribution in [2.24, 2.45) is 0 Å². The van der Waals surface area contributed by atoms with E-state index in [2.05, 4.69) is 23.7 Å². The largest absolute Gasteiger partial charge is 0.339 e. The maximum Gasteiger partial charge on any atom is 0.255 e. The fraction of sp³-hybridized carbons (Fsp3) is 0.611. The van der Waals surface area contributed by atoms with Crippen LogP contribution < -0.4 is 0 Å². The number of pyridine rings is 1. The molecule has 130 valence electrons. The Morgan fingerprint density at radius 3 is 2.58 bits per heavy atom. The first kappa shape index (κ1) is 16.9. The quantitative estimate of drug-likeness (QED) is 0.837. The van der Waals surface area contributed by atoms with E-state index in [1.165, 1.54) is 0 Å². The number of hydrogen-bond donors (Lipinski definition) is 0. The molecule has 24 heavy (non-hydrogen) atoms. The smallest absolute Gasteiger partial charge is 0.255 e. The Bertz CT molecular complexity index is 582. The third-order valence-electron chi connectivity index (χ3n) is 5.02. The van der Waals surface area contributed by atoms with Crippen molar-refractivity contribution in [3.63, 3.8) is 0 Å². The summed E-state index contributed by atoms with van der Waals surface area (Å²) >= 11 is 0. The van der Waals surface area contributed by atoms with E-state index < -0.39 is 0 Å². The number of carbonyl (C=O) groups is 2. The van der Waals surface area contributed by atoms with E-state index in [9.17, 15) is 9.59 Å². The van der Waals surface area contributed by atoms with Crippen LogP contribution in [0.1, 0.15) is 37.0 Å². The van der Waals surface area contributed by atoms with Gasteiger partial charge >= 0.3 is 0 Å². The maximum absolute atomic E-state index is 12.7. The third kappa shape index (κ3) is 3.43. The summed E-state index contributed by atoms with van der Waals surface area (Å²) < 4.78 is 0. The lowest BCUT2D eigenvalue weighted by molar-refractivity contribution is -0.142. The molecule has 2 amide bonds. The molecule has 1 unspecified atom stereocenters. The highest BCUT2D eigenvalue weighted by atomic mass is 16.2. The predicted octanol–water partition coefficient (Wildman–Crippen LogP) is 1.24. The molecule has 0 spiro atoms. The van der Waals surface area contributed by atoms with E-state index in [4.69, 9.17) is 0 Å². The molecule has 1 aromatic heterocycles. The molecule has 0 radical (unpaired) electrons. The molecule has 6 nitrogen and oxygen atoms in total. The van der Waals surface area contributed by atoms with Crippen molar-refractivity contribution in [1.82, 2.24) is 19.7 Å². The lowest BCUT2D eigenvalue weighted by atomic mass is 10.0. The Labute approximate surface area is 143 Å². The summed E-state index contributed by atoms with van der Waals surface area (Å²) in [5, 5.41) is 0. The normalized spacial score (nSPS) is 23.0.